The van der Waals surface area contributed by atoms with Crippen LogP contribution in [0.3, 0.4) is 0 Å². The molecule has 7 nitrogen and oxygen atoms in total. The number of sulfone groups is 1. The summed E-state index contributed by atoms with van der Waals surface area (Å²) < 4.78 is 51.7. The van der Waals surface area contributed by atoms with Crippen LogP contribution in [0.5, 0.6) is 0 Å². The summed E-state index contributed by atoms with van der Waals surface area (Å²) in [5, 5.41) is 14.6. The number of rotatable bonds is 6. The molecule has 1 atom stereocenters. The van der Waals surface area contributed by atoms with Gasteiger partial charge in [-0.05, 0) is 43.7 Å². The number of nitrogens with one attached hydrogen (secondary N) is 1. The van der Waals surface area contributed by atoms with Crippen molar-refractivity contribution in [3.8, 4) is 0 Å². The third kappa shape index (κ3) is 4.88. The number of para-hydroxylation sites is 1. The number of nitro benzene ring substituents is 1. The monoisotopic (exact) mass is 425 g/mol. The van der Waals surface area contributed by atoms with Crippen molar-refractivity contribution < 1.29 is 22.1 Å². The van der Waals surface area contributed by atoms with Crippen molar-refractivity contribution in [2.24, 2.45) is 0 Å². The molecule has 29 heavy (non-hydrogen) atoms. The lowest BCUT2D eigenvalue weighted by molar-refractivity contribution is -0.386. The highest BCUT2D eigenvalue weighted by atomic mass is 32.2. The smallest absolute Gasteiger partial charge is 0.310 e. The van der Waals surface area contributed by atoms with Crippen molar-refractivity contribution >= 4 is 21.2 Å². The molecule has 10 heteroatoms. The zero-order chi connectivity index (χ0) is 21.2. The van der Waals surface area contributed by atoms with Gasteiger partial charge in [0.25, 0.3) is 0 Å². The van der Waals surface area contributed by atoms with Gasteiger partial charge in [0.15, 0.2) is 9.84 Å². The van der Waals surface area contributed by atoms with E-state index in [0.29, 0.717) is 19.5 Å². The van der Waals surface area contributed by atoms with Gasteiger partial charge in [-0.3, -0.25) is 15.0 Å². The number of nitro groups is 1. The van der Waals surface area contributed by atoms with E-state index < -0.39 is 32.1 Å². The van der Waals surface area contributed by atoms with E-state index in [-0.39, 0.29) is 28.7 Å². The van der Waals surface area contributed by atoms with Gasteiger partial charge >= 0.3 is 5.69 Å². The molecule has 0 aromatic heterocycles. The zero-order valence-corrected chi connectivity index (χ0v) is 16.6. The number of halogens is 2. The first-order valence-corrected chi connectivity index (χ1v) is 10.9. The Morgan fingerprint density at radius 1 is 1.21 bits per heavy atom. The van der Waals surface area contributed by atoms with Crippen LogP contribution in [0.15, 0.2) is 41.3 Å². The van der Waals surface area contributed by atoms with E-state index in [4.69, 9.17) is 0 Å². The van der Waals surface area contributed by atoms with Crippen LogP contribution in [0.4, 0.5) is 20.2 Å². The summed E-state index contributed by atoms with van der Waals surface area (Å²) in [6.07, 6.45) is 2.34. The Hall–Kier alpha value is -2.59. The van der Waals surface area contributed by atoms with E-state index in [1.54, 1.807) is 0 Å². The van der Waals surface area contributed by atoms with Crippen molar-refractivity contribution in [1.29, 1.82) is 0 Å². The normalized spacial score (nSPS) is 17.8. The first kappa shape index (κ1) is 21.1. The molecule has 2 aromatic carbocycles. The van der Waals surface area contributed by atoms with E-state index in [1.165, 1.54) is 36.4 Å². The Labute approximate surface area is 167 Å². The lowest BCUT2D eigenvalue weighted by Crippen LogP contribution is -2.42. The fourth-order valence-electron chi connectivity index (χ4n) is 3.57. The Balaban J connectivity index is 1.80. The van der Waals surface area contributed by atoms with Gasteiger partial charge in [-0.15, -0.1) is 0 Å². The van der Waals surface area contributed by atoms with Gasteiger partial charge in [0.2, 0.25) is 0 Å². The lowest BCUT2D eigenvalue weighted by atomic mass is 10.0. The largest absolute Gasteiger partial charge is 0.375 e. The second kappa shape index (κ2) is 8.42. The zero-order valence-electron chi connectivity index (χ0n) is 15.8. The summed E-state index contributed by atoms with van der Waals surface area (Å²) >= 11 is 0. The predicted octanol–water partition coefficient (Wildman–Crippen LogP) is 3.35. The van der Waals surface area contributed by atoms with Crippen LogP contribution in [0, 0.1) is 21.7 Å². The highest BCUT2D eigenvalue weighted by Gasteiger charge is 2.29. The van der Waals surface area contributed by atoms with Crippen LogP contribution in [-0.4, -0.2) is 43.6 Å². The maximum absolute atomic E-state index is 13.9. The molecule has 1 unspecified atom stereocenters. The number of hydrogen-bond acceptors (Lipinski definition) is 6. The number of piperidine rings is 1. The fraction of sp³-hybridized carbons (Fsp3) is 0.368. The predicted molar refractivity (Wildman–Crippen MR) is 104 cm³/mol. The van der Waals surface area contributed by atoms with Crippen molar-refractivity contribution in [2.75, 3.05) is 24.7 Å². The molecular formula is C19H21F2N3O4S. The topological polar surface area (TPSA) is 92.6 Å². The second-order valence-electron chi connectivity index (χ2n) is 7.10. The minimum atomic E-state index is -3.78. The Morgan fingerprint density at radius 2 is 1.86 bits per heavy atom. The Kier molecular flexibility index (Phi) is 6.13. The molecule has 1 heterocycles. The summed E-state index contributed by atoms with van der Waals surface area (Å²) in [6.45, 7) is 1.13. The number of nitrogens with zero attached hydrogens (tertiary/aromatic N) is 2. The molecule has 0 aliphatic carbocycles. The van der Waals surface area contributed by atoms with Gasteiger partial charge in [0, 0.05) is 31.0 Å². The molecule has 0 spiro atoms. The molecule has 1 saturated heterocycles. The summed E-state index contributed by atoms with van der Waals surface area (Å²) in [4.78, 5) is 12.3. The van der Waals surface area contributed by atoms with Crippen LogP contribution >= 0.6 is 0 Å². The van der Waals surface area contributed by atoms with Crippen molar-refractivity contribution in [3.05, 3.63) is 63.7 Å². The van der Waals surface area contributed by atoms with Gasteiger partial charge in [0.1, 0.15) is 22.2 Å². The molecule has 0 saturated carbocycles. The van der Waals surface area contributed by atoms with Crippen LogP contribution in [0.2, 0.25) is 0 Å². The van der Waals surface area contributed by atoms with Gasteiger partial charge < -0.3 is 5.32 Å². The summed E-state index contributed by atoms with van der Waals surface area (Å²) in [6, 6.07) is 7.60. The van der Waals surface area contributed by atoms with E-state index in [2.05, 4.69) is 5.32 Å². The summed E-state index contributed by atoms with van der Waals surface area (Å²) in [5.74, 6) is -1.23. The van der Waals surface area contributed by atoms with Crippen molar-refractivity contribution in [1.82, 2.24) is 4.90 Å². The molecule has 0 amide bonds. The summed E-state index contributed by atoms with van der Waals surface area (Å²) in [5.41, 5.74) is -0.396. The minimum absolute atomic E-state index is 0.0156. The van der Waals surface area contributed by atoms with E-state index in [0.717, 1.165) is 12.7 Å². The van der Waals surface area contributed by atoms with Gasteiger partial charge in [-0.2, -0.15) is 0 Å². The Morgan fingerprint density at radius 3 is 2.48 bits per heavy atom. The number of hydrogen-bond donors (Lipinski definition) is 1. The molecule has 1 fully saturated rings. The number of likely N-dealkylation sites (tertiary alicyclic amines) is 1. The molecule has 1 aliphatic rings. The molecule has 0 radical (unpaired) electrons. The molecule has 2 aromatic rings. The van der Waals surface area contributed by atoms with Gasteiger partial charge in [0.05, 0.1) is 4.92 Å². The molecule has 156 valence electrons. The first-order valence-electron chi connectivity index (χ1n) is 9.06. The summed E-state index contributed by atoms with van der Waals surface area (Å²) in [7, 11) is -3.78. The van der Waals surface area contributed by atoms with Gasteiger partial charge in [-0.25, -0.2) is 17.2 Å². The molecule has 1 aliphatic heterocycles. The van der Waals surface area contributed by atoms with E-state index >= 15 is 0 Å². The molecular weight excluding hydrogens is 404 g/mol. The second-order valence-corrected chi connectivity index (χ2v) is 9.08. The third-order valence-electron chi connectivity index (χ3n) is 4.89. The SMILES string of the molecule is CS(=O)(=O)c1cccc(NC2CCCN(Cc3c(F)cccc3F)C2)c1[N+](=O)[O-]. The van der Waals surface area contributed by atoms with Crippen LogP contribution in [-0.2, 0) is 16.4 Å². The van der Waals surface area contributed by atoms with Crippen LogP contribution < -0.4 is 5.32 Å². The lowest BCUT2D eigenvalue weighted by Gasteiger charge is -2.33. The van der Waals surface area contributed by atoms with Crippen LogP contribution in [0.25, 0.3) is 0 Å². The van der Waals surface area contributed by atoms with Crippen molar-refractivity contribution in [2.45, 2.75) is 30.3 Å². The first-order chi connectivity index (χ1) is 13.7. The molecule has 3 rings (SSSR count). The number of anilines is 1. The molecule has 0 bridgehead atoms. The fourth-order valence-corrected chi connectivity index (χ4v) is 4.43. The minimum Gasteiger partial charge on any atom is -0.375 e. The van der Waals surface area contributed by atoms with Gasteiger partial charge in [-0.1, -0.05) is 12.1 Å². The maximum atomic E-state index is 13.9. The average Bonchev–Trinajstić information content (AvgIpc) is 2.64. The third-order valence-corrected chi connectivity index (χ3v) is 6.02. The maximum Gasteiger partial charge on any atom is 0.310 e. The van der Waals surface area contributed by atoms with Crippen molar-refractivity contribution in [3.63, 3.8) is 0 Å². The number of benzene rings is 2. The van der Waals surface area contributed by atoms with Crippen LogP contribution in [0.1, 0.15) is 18.4 Å². The Bertz CT molecular complexity index is 1010. The average molecular weight is 425 g/mol. The quantitative estimate of drug-likeness (QED) is 0.564. The highest BCUT2D eigenvalue weighted by molar-refractivity contribution is 7.90. The molecule has 1 N–H and O–H groups in total. The standard InChI is InChI=1S/C19H21F2N3O4S/c1-29(27,28)18-9-3-8-17(19(18)24(25)26)22-13-5-4-10-23(11-13)12-14-15(20)6-2-7-16(14)21/h2-3,6-9,13,22H,4-5,10-12H2,1H3. The van der Waals surface area contributed by atoms with E-state index in [9.17, 15) is 27.3 Å². The van der Waals surface area contributed by atoms with E-state index in [1.807, 2.05) is 4.90 Å². The highest BCUT2D eigenvalue weighted by Crippen LogP contribution is 2.33.